The number of benzene rings is 2. The molecule has 2 heterocycles. The van der Waals surface area contributed by atoms with Crippen LogP contribution in [-0.2, 0) is 21.7 Å². The second kappa shape index (κ2) is 9.36. The van der Waals surface area contributed by atoms with Crippen LogP contribution in [-0.4, -0.2) is 54.4 Å². The summed E-state index contributed by atoms with van der Waals surface area (Å²) in [7, 11) is 0. The number of nitrogens with one attached hydrogen (secondary N) is 1. The molecule has 3 amide bonds. The Bertz CT molecular complexity index is 998. The Labute approximate surface area is 191 Å². The number of nitrogens with zero attached hydrogens (tertiary/aromatic N) is 1. The molecule has 0 bridgehead atoms. The average molecular weight is 461 g/mol. The van der Waals surface area contributed by atoms with E-state index in [-0.39, 0.29) is 19.8 Å². The lowest BCUT2D eigenvalue weighted by Gasteiger charge is -2.24. The largest absolute Gasteiger partial charge is 0.490 e. The fourth-order valence-corrected chi connectivity index (χ4v) is 3.82. The number of hydrogen-bond acceptors (Lipinski definition) is 6. The van der Waals surface area contributed by atoms with Gasteiger partial charge < -0.3 is 24.6 Å². The highest BCUT2D eigenvalue weighted by Crippen LogP contribution is 2.36. The first kappa shape index (κ1) is 22.4. The molecule has 4 rings (SSSR count). The molecule has 2 aromatic carbocycles. The smallest absolute Gasteiger partial charge is 0.325 e. The van der Waals surface area contributed by atoms with Crippen molar-refractivity contribution in [1.82, 2.24) is 10.2 Å². The number of hydrogen-bond donors (Lipinski definition) is 2. The van der Waals surface area contributed by atoms with Crippen LogP contribution in [0.15, 0.2) is 42.5 Å². The van der Waals surface area contributed by atoms with Gasteiger partial charge in [0.2, 0.25) is 0 Å². The van der Waals surface area contributed by atoms with Gasteiger partial charge in [0.1, 0.15) is 5.54 Å². The Kier molecular flexibility index (Phi) is 6.55. The third-order valence-corrected chi connectivity index (χ3v) is 5.74. The second-order valence-corrected chi connectivity index (χ2v) is 8.41. The predicted molar refractivity (Wildman–Crippen MR) is 117 cm³/mol. The molecule has 2 unspecified atom stereocenters. The summed E-state index contributed by atoms with van der Waals surface area (Å²) in [5.41, 5.74) is 0.209. The van der Waals surface area contributed by atoms with Crippen molar-refractivity contribution in [3.8, 4) is 11.5 Å². The van der Waals surface area contributed by atoms with Gasteiger partial charge >= 0.3 is 6.03 Å². The van der Waals surface area contributed by atoms with Crippen molar-refractivity contribution < 1.29 is 28.9 Å². The Hall–Kier alpha value is -2.81. The molecule has 0 spiro atoms. The van der Waals surface area contributed by atoms with Gasteiger partial charge in [-0.3, -0.25) is 9.69 Å². The van der Waals surface area contributed by atoms with Crippen LogP contribution in [0, 0.1) is 0 Å². The number of aliphatic hydroxyl groups is 1. The molecule has 170 valence electrons. The molecule has 32 heavy (non-hydrogen) atoms. The molecule has 1 fully saturated rings. The zero-order chi connectivity index (χ0) is 22.7. The summed E-state index contributed by atoms with van der Waals surface area (Å²) in [6, 6.07) is 11.8. The summed E-state index contributed by atoms with van der Waals surface area (Å²) in [4.78, 5) is 26.7. The average Bonchev–Trinajstić information content (AvgIpc) is 2.94. The van der Waals surface area contributed by atoms with Crippen LogP contribution >= 0.6 is 11.6 Å². The lowest BCUT2D eigenvalue weighted by molar-refractivity contribution is -0.132. The quantitative estimate of drug-likeness (QED) is 0.617. The Morgan fingerprint density at radius 3 is 2.62 bits per heavy atom. The Morgan fingerprint density at radius 1 is 1.16 bits per heavy atom. The van der Waals surface area contributed by atoms with E-state index in [0.29, 0.717) is 35.3 Å². The molecular weight excluding hydrogens is 436 g/mol. The number of aliphatic hydroxyl groups excluding tert-OH is 1. The van der Waals surface area contributed by atoms with Crippen LogP contribution in [0.5, 0.6) is 11.5 Å². The number of carbonyl (C=O) groups is 2. The summed E-state index contributed by atoms with van der Waals surface area (Å²) in [5, 5.41) is 13.7. The standard InChI is InChI=1S/C23H25ClN2O6/c1-23(16-5-8-19-20(11-16)32-10-2-9-31-19)21(28)26(22(29)25-23)12-18(27)14-30-13-15-3-6-17(24)7-4-15/h3-8,11,18,27H,2,9-10,12-14H2,1H3,(H,25,29). The molecule has 9 heteroatoms. The van der Waals surface area contributed by atoms with Crippen LogP contribution in [0.2, 0.25) is 5.02 Å². The first-order valence-electron chi connectivity index (χ1n) is 10.4. The molecule has 2 N–H and O–H groups in total. The van der Waals surface area contributed by atoms with Gasteiger partial charge in [-0.2, -0.15) is 0 Å². The molecular formula is C23H25ClN2O6. The van der Waals surface area contributed by atoms with Gasteiger partial charge in [0.05, 0.1) is 39.1 Å². The zero-order valence-electron chi connectivity index (χ0n) is 17.7. The van der Waals surface area contributed by atoms with E-state index in [4.69, 9.17) is 25.8 Å². The van der Waals surface area contributed by atoms with Gasteiger partial charge in [0, 0.05) is 11.4 Å². The highest BCUT2D eigenvalue weighted by Gasteiger charge is 2.49. The van der Waals surface area contributed by atoms with Crippen LogP contribution in [0.25, 0.3) is 0 Å². The van der Waals surface area contributed by atoms with Crippen molar-refractivity contribution in [3.63, 3.8) is 0 Å². The number of imide groups is 1. The number of ether oxygens (including phenoxy) is 3. The SMILES string of the molecule is CC1(c2ccc3c(c2)OCCCO3)NC(=O)N(CC(O)COCc2ccc(Cl)cc2)C1=O. The van der Waals surface area contributed by atoms with E-state index in [1.54, 1.807) is 37.3 Å². The van der Waals surface area contributed by atoms with Crippen molar-refractivity contribution in [2.24, 2.45) is 0 Å². The van der Waals surface area contributed by atoms with Crippen LogP contribution < -0.4 is 14.8 Å². The van der Waals surface area contributed by atoms with Crippen molar-refractivity contribution >= 4 is 23.5 Å². The molecule has 0 aromatic heterocycles. The number of halogens is 1. The summed E-state index contributed by atoms with van der Waals surface area (Å²) in [6.07, 6.45) is -0.258. The van der Waals surface area contributed by atoms with E-state index >= 15 is 0 Å². The maximum absolute atomic E-state index is 13.1. The van der Waals surface area contributed by atoms with E-state index in [1.165, 1.54) is 0 Å². The number of rotatable bonds is 7. The molecule has 0 saturated carbocycles. The van der Waals surface area contributed by atoms with Crippen LogP contribution in [0.4, 0.5) is 4.79 Å². The minimum Gasteiger partial charge on any atom is -0.490 e. The number of amides is 3. The summed E-state index contributed by atoms with van der Waals surface area (Å²) in [5.74, 6) is 0.697. The van der Waals surface area contributed by atoms with Crippen molar-refractivity contribution in [1.29, 1.82) is 0 Å². The van der Waals surface area contributed by atoms with Gasteiger partial charge in [-0.05, 0) is 42.3 Å². The number of carbonyl (C=O) groups excluding carboxylic acids is 2. The second-order valence-electron chi connectivity index (χ2n) is 7.98. The minimum atomic E-state index is -1.27. The molecule has 8 nitrogen and oxygen atoms in total. The highest BCUT2D eigenvalue weighted by molar-refractivity contribution is 6.30. The van der Waals surface area contributed by atoms with Crippen molar-refractivity contribution in [3.05, 3.63) is 58.6 Å². The van der Waals surface area contributed by atoms with Crippen molar-refractivity contribution in [2.75, 3.05) is 26.4 Å². The van der Waals surface area contributed by atoms with E-state index < -0.39 is 23.6 Å². The van der Waals surface area contributed by atoms with Gasteiger partial charge in [-0.25, -0.2) is 4.79 Å². The maximum atomic E-state index is 13.1. The van der Waals surface area contributed by atoms with E-state index in [9.17, 15) is 14.7 Å². The lowest BCUT2D eigenvalue weighted by Crippen LogP contribution is -2.42. The fourth-order valence-electron chi connectivity index (χ4n) is 3.69. The first-order chi connectivity index (χ1) is 15.4. The molecule has 0 aliphatic carbocycles. The predicted octanol–water partition coefficient (Wildman–Crippen LogP) is 2.85. The summed E-state index contributed by atoms with van der Waals surface area (Å²) in [6.45, 7) is 2.79. The maximum Gasteiger partial charge on any atom is 0.325 e. The third-order valence-electron chi connectivity index (χ3n) is 5.49. The number of urea groups is 1. The third kappa shape index (κ3) is 4.67. The first-order valence-corrected chi connectivity index (χ1v) is 10.8. The topological polar surface area (TPSA) is 97.3 Å². The minimum absolute atomic E-state index is 0.0274. The molecule has 2 aliphatic rings. The summed E-state index contributed by atoms with van der Waals surface area (Å²) >= 11 is 5.86. The van der Waals surface area contributed by atoms with E-state index in [1.807, 2.05) is 12.1 Å². The molecule has 2 aromatic rings. The van der Waals surface area contributed by atoms with Gasteiger partial charge in [0.15, 0.2) is 11.5 Å². The molecule has 0 radical (unpaired) electrons. The zero-order valence-corrected chi connectivity index (χ0v) is 18.4. The lowest BCUT2D eigenvalue weighted by atomic mass is 9.91. The highest BCUT2D eigenvalue weighted by atomic mass is 35.5. The fraction of sp³-hybridized carbons (Fsp3) is 0.391. The van der Waals surface area contributed by atoms with Gasteiger partial charge in [0.25, 0.3) is 5.91 Å². The summed E-state index contributed by atoms with van der Waals surface area (Å²) < 4.78 is 16.9. The number of β-amino-alcohol motifs (C(OH)–C–C–N with tert-alkyl or cyclic N) is 1. The van der Waals surface area contributed by atoms with E-state index in [2.05, 4.69) is 5.32 Å². The Balaban J connectivity index is 1.38. The van der Waals surface area contributed by atoms with Gasteiger partial charge in [-0.15, -0.1) is 0 Å². The molecule has 2 atom stereocenters. The van der Waals surface area contributed by atoms with Crippen molar-refractivity contribution in [2.45, 2.75) is 31.6 Å². The van der Waals surface area contributed by atoms with Crippen LogP contribution in [0.1, 0.15) is 24.5 Å². The monoisotopic (exact) mass is 460 g/mol. The van der Waals surface area contributed by atoms with Gasteiger partial charge in [-0.1, -0.05) is 29.8 Å². The molecule has 2 aliphatic heterocycles. The normalized spacial score (nSPS) is 21.3. The Morgan fingerprint density at radius 2 is 1.88 bits per heavy atom. The number of fused-ring (bicyclic) bond motifs is 1. The van der Waals surface area contributed by atoms with E-state index in [0.717, 1.165) is 16.9 Å². The van der Waals surface area contributed by atoms with Crippen LogP contribution in [0.3, 0.4) is 0 Å². The molecule has 1 saturated heterocycles.